The molecule has 0 radical (unpaired) electrons. The second-order valence-electron chi connectivity index (χ2n) is 8.12. The van der Waals surface area contributed by atoms with Crippen molar-refractivity contribution < 1.29 is 18.7 Å². The average molecular weight is 378 g/mol. The Balaban J connectivity index is 1.44. The van der Waals surface area contributed by atoms with E-state index in [0.717, 1.165) is 44.7 Å². The molecule has 0 spiro atoms. The van der Waals surface area contributed by atoms with E-state index in [1.165, 1.54) is 11.3 Å². The molecule has 3 aliphatic heterocycles. The molecule has 3 fully saturated rings. The zero-order chi connectivity index (χ0) is 19.0. The first kappa shape index (κ1) is 18.5. The maximum Gasteiger partial charge on any atom is 0.264 e. The quantitative estimate of drug-likeness (QED) is 0.807. The number of carbonyl (C=O) groups is 1. The summed E-state index contributed by atoms with van der Waals surface area (Å²) in [5.41, 5.74) is 1.71. The van der Waals surface area contributed by atoms with Crippen LogP contribution in [0.4, 0.5) is 19.3 Å². The third-order valence-electron chi connectivity index (χ3n) is 6.30. The molecule has 3 saturated heterocycles. The minimum absolute atomic E-state index is 0.131. The highest BCUT2D eigenvalue weighted by Gasteiger charge is 2.40. The van der Waals surface area contributed by atoms with Gasteiger partial charge in [0.15, 0.2) is 0 Å². The van der Waals surface area contributed by atoms with Gasteiger partial charge in [-0.05, 0) is 48.8 Å². The van der Waals surface area contributed by atoms with Crippen molar-refractivity contribution in [2.45, 2.75) is 32.2 Å². The average Bonchev–Trinajstić information content (AvgIpc) is 3.21. The molecule has 0 bridgehead atoms. The lowest BCUT2D eigenvalue weighted by Crippen LogP contribution is -2.41. The zero-order valence-electron chi connectivity index (χ0n) is 15.4. The van der Waals surface area contributed by atoms with Gasteiger partial charge in [-0.1, -0.05) is 6.07 Å². The fourth-order valence-electron chi connectivity index (χ4n) is 4.89. The SMILES string of the molecule is O=C([O-])N1CC2CN(Cc3ccc(N4CCCCC4)cc3C(F)F)CC2C1. The number of rotatable bonds is 4. The van der Waals surface area contributed by atoms with Crippen molar-refractivity contribution >= 4 is 11.8 Å². The van der Waals surface area contributed by atoms with E-state index in [-0.39, 0.29) is 17.4 Å². The molecule has 0 aromatic heterocycles. The standard InChI is InChI=1S/C20H27F2N3O2/c21-19(22)18-8-17(24-6-2-1-3-7-24)5-4-14(18)9-23-10-15-12-25(20(26)27)13-16(15)11-23/h4-5,8,15-16,19H,1-3,6-7,9-13H2,(H,26,27)/p-1. The summed E-state index contributed by atoms with van der Waals surface area (Å²) in [4.78, 5) is 16.8. The summed E-state index contributed by atoms with van der Waals surface area (Å²) in [6.07, 6.45) is -0.149. The van der Waals surface area contributed by atoms with E-state index in [1.54, 1.807) is 6.07 Å². The number of halogens is 2. The van der Waals surface area contributed by atoms with E-state index < -0.39 is 12.5 Å². The Morgan fingerprint density at radius 3 is 2.33 bits per heavy atom. The first-order valence-corrected chi connectivity index (χ1v) is 9.85. The van der Waals surface area contributed by atoms with Crippen LogP contribution in [0.2, 0.25) is 0 Å². The number of amides is 1. The number of anilines is 1. The number of benzene rings is 1. The van der Waals surface area contributed by atoms with Crippen LogP contribution in [-0.2, 0) is 6.54 Å². The van der Waals surface area contributed by atoms with Crippen LogP contribution in [-0.4, -0.2) is 55.2 Å². The molecule has 0 saturated carbocycles. The Hall–Kier alpha value is -1.89. The van der Waals surface area contributed by atoms with Crippen LogP contribution in [0, 0.1) is 11.8 Å². The zero-order valence-corrected chi connectivity index (χ0v) is 15.4. The summed E-state index contributed by atoms with van der Waals surface area (Å²) in [5, 5.41) is 11.0. The number of alkyl halides is 2. The van der Waals surface area contributed by atoms with Gasteiger partial charge in [0.2, 0.25) is 0 Å². The number of hydrogen-bond acceptors (Lipinski definition) is 4. The molecule has 4 rings (SSSR count). The van der Waals surface area contributed by atoms with E-state index in [9.17, 15) is 18.7 Å². The van der Waals surface area contributed by atoms with Crippen LogP contribution in [0.1, 0.15) is 36.8 Å². The third kappa shape index (κ3) is 3.88. The van der Waals surface area contributed by atoms with Gasteiger partial charge in [-0.25, -0.2) is 8.78 Å². The summed E-state index contributed by atoms with van der Waals surface area (Å²) in [6.45, 7) is 4.88. The van der Waals surface area contributed by atoms with E-state index in [1.807, 2.05) is 12.1 Å². The molecule has 3 aliphatic rings. The highest BCUT2D eigenvalue weighted by Crippen LogP contribution is 2.34. The van der Waals surface area contributed by atoms with Crippen molar-refractivity contribution in [1.29, 1.82) is 0 Å². The van der Waals surface area contributed by atoms with E-state index >= 15 is 0 Å². The third-order valence-corrected chi connectivity index (χ3v) is 6.30. The molecule has 1 aromatic rings. The largest absolute Gasteiger partial charge is 0.530 e. The molecule has 3 heterocycles. The van der Waals surface area contributed by atoms with Gasteiger partial charge < -0.3 is 19.7 Å². The topological polar surface area (TPSA) is 49.9 Å². The Morgan fingerprint density at radius 1 is 1.07 bits per heavy atom. The molecule has 2 unspecified atom stereocenters. The van der Waals surface area contributed by atoms with E-state index in [0.29, 0.717) is 25.2 Å². The fraction of sp³-hybridized carbons (Fsp3) is 0.650. The van der Waals surface area contributed by atoms with Gasteiger partial charge in [-0.15, -0.1) is 0 Å². The van der Waals surface area contributed by atoms with Crippen LogP contribution in [0.5, 0.6) is 0 Å². The van der Waals surface area contributed by atoms with Gasteiger partial charge in [-0.3, -0.25) is 4.90 Å². The maximum absolute atomic E-state index is 13.7. The minimum atomic E-state index is -2.49. The van der Waals surface area contributed by atoms with E-state index in [4.69, 9.17) is 0 Å². The number of nitrogens with zero attached hydrogens (tertiary/aromatic N) is 3. The Labute approximate surface area is 158 Å². The van der Waals surface area contributed by atoms with Crippen molar-refractivity contribution in [3.05, 3.63) is 29.3 Å². The number of carbonyl (C=O) groups excluding carboxylic acids is 1. The molecule has 2 atom stereocenters. The number of carboxylic acid groups (broad SMARTS) is 1. The highest BCUT2D eigenvalue weighted by atomic mass is 19.3. The molecule has 27 heavy (non-hydrogen) atoms. The monoisotopic (exact) mass is 378 g/mol. The number of fused-ring (bicyclic) bond motifs is 1. The van der Waals surface area contributed by atoms with Gasteiger partial charge >= 0.3 is 0 Å². The predicted octanol–water partition coefficient (Wildman–Crippen LogP) is 2.32. The van der Waals surface area contributed by atoms with Gasteiger partial charge in [0.25, 0.3) is 6.43 Å². The molecule has 148 valence electrons. The minimum Gasteiger partial charge on any atom is -0.530 e. The van der Waals surface area contributed by atoms with Crippen molar-refractivity contribution in [2.75, 3.05) is 44.2 Å². The first-order valence-electron chi connectivity index (χ1n) is 9.85. The second-order valence-corrected chi connectivity index (χ2v) is 8.12. The van der Waals surface area contributed by atoms with Crippen molar-refractivity contribution in [2.24, 2.45) is 11.8 Å². The van der Waals surface area contributed by atoms with Gasteiger partial charge in [0, 0.05) is 57.1 Å². The summed E-state index contributed by atoms with van der Waals surface area (Å²) in [7, 11) is 0. The molecule has 1 amide bonds. The molecule has 0 aliphatic carbocycles. The molecule has 7 heteroatoms. The fourth-order valence-corrected chi connectivity index (χ4v) is 4.89. The van der Waals surface area contributed by atoms with Crippen LogP contribution < -0.4 is 10.0 Å². The van der Waals surface area contributed by atoms with Crippen LogP contribution in [0.25, 0.3) is 0 Å². The summed E-state index contributed by atoms with van der Waals surface area (Å²) in [6, 6.07) is 5.49. The summed E-state index contributed by atoms with van der Waals surface area (Å²) < 4.78 is 27.4. The van der Waals surface area contributed by atoms with Crippen LogP contribution >= 0.6 is 0 Å². The second kappa shape index (κ2) is 7.62. The lowest BCUT2D eigenvalue weighted by Gasteiger charge is -2.30. The van der Waals surface area contributed by atoms with Gasteiger partial charge in [0.05, 0.1) is 0 Å². The first-order chi connectivity index (χ1) is 13.0. The number of piperidine rings is 1. The highest BCUT2D eigenvalue weighted by molar-refractivity contribution is 5.63. The van der Waals surface area contributed by atoms with E-state index in [2.05, 4.69) is 9.80 Å². The van der Waals surface area contributed by atoms with Crippen molar-refractivity contribution in [3.63, 3.8) is 0 Å². The summed E-state index contributed by atoms with van der Waals surface area (Å²) in [5.74, 6) is 0.566. The predicted molar refractivity (Wildman–Crippen MR) is 96.7 cm³/mol. The van der Waals surface area contributed by atoms with Gasteiger partial charge in [0.1, 0.15) is 6.09 Å². The normalized spacial score (nSPS) is 26.0. The molecule has 5 nitrogen and oxygen atoms in total. The molecular weight excluding hydrogens is 352 g/mol. The Bertz CT molecular complexity index is 680. The Morgan fingerprint density at radius 2 is 1.74 bits per heavy atom. The molecule has 0 N–H and O–H groups in total. The smallest absolute Gasteiger partial charge is 0.264 e. The number of likely N-dealkylation sites (tertiary alicyclic amines) is 2. The lowest BCUT2D eigenvalue weighted by atomic mass is 10.0. The van der Waals surface area contributed by atoms with Crippen LogP contribution in [0.3, 0.4) is 0 Å². The molecular formula is C20H26F2N3O2-. The van der Waals surface area contributed by atoms with Crippen molar-refractivity contribution in [3.8, 4) is 0 Å². The lowest BCUT2D eigenvalue weighted by molar-refractivity contribution is -0.264. The molecule has 1 aromatic carbocycles. The summed E-state index contributed by atoms with van der Waals surface area (Å²) >= 11 is 0. The number of hydrogen-bond donors (Lipinski definition) is 0. The van der Waals surface area contributed by atoms with Gasteiger partial charge in [-0.2, -0.15) is 0 Å². The van der Waals surface area contributed by atoms with Crippen molar-refractivity contribution in [1.82, 2.24) is 9.80 Å². The van der Waals surface area contributed by atoms with Crippen LogP contribution in [0.15, 0.2) is 18.2 Å². The Kier molecular flexibility index (Phi) is 5.21. The maximum atomic E-state index is 13.7.